The second kappa shape index (κ2) is 7.81. The Morgan fingerprint density at radius 3 is 2.76 bits per heavy atom. The average molecular weight is 236 g/mol. The van der Waals surface area contributed by atoms with Crippen molar-refractivity contribution in [3.63, 3.8) is 0 Å². The molecule has 0 saturated heterocycles. The maximum absolute atomic E-state index is 10.6. The van der Waals surface area contributed by atoms with Crippen LogP contribution in [0.25, 0.3) is 0 Å². The van der Waals surface area contributed by atoms with E-state index in [1.165, 1.54) is 18.1 Å². The van der Waals surface area contributed by atoms with E-state index in [-0.39, 0.29) is 5.91 Å². The molecular weight excluding hydrogens is 216 g/mol. The lowest BCUT2D eigenvalue weighted by molar-refractivity contribution is -0.118. The Kier molecular flexibility index (Phi) is 6.29. The number of ether oxygens (including phenoxy) is 1. The van der Waals surface area contributed by atoms with Crippen molar-refractivity contribution in [2.45, 2.75) is 20.1 Å². The summed E-state index contributed by atoms with van der Waals surface area (Å²) in [6.45, 7) is 4.40. The Labute approximate surface area is 102 Å². The van der Waals surface area contributed by atoms with Crippen LogP contribution < -0.4 is 10.6 Å². The van der Waals surface area contributed by atoms with Gasteiger partial charge in [0.05, 0.1) is 6.61 Å². The first kappa shape index (κ1) is 13.7. The predicted octanol–water partition coefficient (Wildman–Crippen LogP) is 1.06. The number of hydrogen-bond acceptors (Lipinski definition) is 3. The summed E-state index contributed by atoms with van der Waals surface area (Å²) >= 11 is 0. The molecule has 94 valence electrons. The SMILES string of the molecule is COCc1cccc(CNCCNC(C)=O)c1. The standard InChI is InChI=1S/C13H20N2O2/c1-11(16)15-7-6-14-9-12-4-3-5-13(8-12)10-17-2/h3-5,8,14H,6-7,9-10H2,1-2H3,(H,15,16). The Bertz CT molecular complexity index is 353. The smallest absolute Gasteiger partial charge is 0.216 e. The van der Waals surface area contributed by atoms with Crippen molar-refractivity contribution in [3.8, 4) is 0 Å². The van der Waals surface area contributed by atoms with Crippen molar-refractivity contribution in [1.29, 1.82) is 0 Å². The lowest BCUT2D eigenvalue weighted by atomic mass is 10.1. The minimum Gasteiger partial charge on any atom is -0.380 e. The fourth-order valence-electron chi connectivity index (χ4n) is 1.56. The molecule has 4 nitrogen and oxygen atoms in total. The fourth-order valence-corrected chi connectivity index (χ4v) is 1.56. The number of nitrogens with one attached hydrogen (secondary N) is 2. The van der Waals surface area contributed by atoms with Crippen LogP contribution in [-0.2, 0) is 22.7 Å². The zero-order valence-electron chi connectivity index (χ0n) is 10.5. The zero-order valence-corrected chi connectivity index (χ0v) is 10.5. The first-order chi connectivity index (χ1) is 8.22. The topological polar surface area (TPSA) is 50.4 Å². The minimum absolute atomic E-state index is 0.00823. The molecule has 0 aliphatic carbocycles. The highest BCUT2D eigenvalue weighted by atomic mass is 16.5. The first-order valence-corrected chi connectivity index (χ1v) is 5.74. The normalized spacial score (nSPS) is 10.2. The molecule has 1 rings (SSSR count). The average Bonchev–Trinajstić information content (AvgIpc) is 2.29. The Balaban J connectivity index is 2.26. The number of amides is 1. The first-order valence-electron chi connectivity index (χ1n) is 5.74. The van der Waals surface area contributed by atoms with E-state index >= 15 is 0 Å². The Morgan fingerprint density at radius 2 is 2.06 bits per heavy atom. The molecule has 17 heavy (non-hydrogen) atoms. The van der Waals surface area contributed by atoms with E-state index in [2.05, 4.69) is 22.8 Å². The van der Waals surface area contributed by atoms with Crippen molar-refractivity contribution in [2.24, 2.45) is 0 Å². The lowest BCUT2D eigenvalue weighted by Gasteiger charge is -2.07. The molecule has 1 aromatic rings. The van der Waals surface area contributed by atoms with Gasteiger partial charge in [0.1, 0.15) is 0 Å². The quantitative estimate of drug-likeness (QED) is 0.696. The maximum Gasteiger partial charge on any atom is 0.216 e. The van der Waals surface area contributed by atoms with Crippen LogP contribution in [0.5, 0.6) is 0 Å². The van der Waals surface area contributed by atoms with Gasteiger partial charge in [0, 0.05) is 33.7 Å². The molecule has 0 atom stereocenters. The van der Waals surface area contributed by atoms with E-state index in [1.807, 2.05) is 12.1 Å². The second-order valence-corrected chi connectivity index (χ2v) is 3.91. The van der Waals surface area contributed by atoms with Gasteiger partial charge in [-0.3, -0.25) is 4.79 Å². The van der Waals surface area contributed by atoms with Crippen molar-refractivity contribution < 1.29 is 9.53 Å². The molecule has 0 aromatic heterocycles. The van der Waals surface area contributed by atoms with Crippen molar-refractivity contribution in [2.75, 3.05) is 20.2 Å². The summed E-state index contributed by atoms with van der Waals surface area (Å²) in [7, 11) is 1.69. The Morgan fingerprint density at radius 1 is 1.29 bits per heavy atom. The number of methoxy groups -OCH3 is 1. The third-order valence-electron chi connectivity index (χ3n) is 2.31. The molecule has 0 unspecified atom stereocenters. The summed E-state index contributed by atoms with van der Waals surface area (Å²) in [5.74, 6) is 0.00823. The molecule has 0 spiro atoms. The summed E-state index contributed by atoms with van der Waals surface area (Å²) in [6, 6.07) is 8.27. The van der Waals surface area contributed by atoms with Crippen LogP contribution in [0.2, 0.25) is 0 Å². The van der Waals surface area contributed by atoms with Crippen molar-refractivity contribution in [3.05, 3.63) is 35.4 Å². The van der Waals surface area contributed by atoms with Crippen molar-refractivity contribution >= 4 is 5.91 Å². The monoisotopic (exact) mass is 236 g/mol. The number of hydrogen-bond donors (Lipinski definition) is 2. The second-order valence-electron chi connectivity index (χ2n) is 3.91. The van der Waals surface area contributed by atoms with Crippen LogP contribution >= 0.6 is 0 Å². The van der Waals surface area contributed by atoms with Gasteiger partial charge in [0.15, 0.2) is 0 Å². The van der Waals surface area contributed by atoms with Gasteiger partial charge < -0.3 is 15.4 Å². The van der Waals surface area contributed by atoms with Gasteiger partial charge in [0.2, 0.25) is 5.91 Å². The highest BCUT2D eigenvalue weighted by Gasteiger charge is 1.96. The molecule has 2 N–H and O–H groups in total. The molecule has 0 fully saturated rings. The van der Waals surface area contributed by atoms with Crippen LogP contribution in [0.4, 0.5) is 0 Å². The van der Waals surface area contributed by atoms with Gasteiger partial charge in [-0.05, 0) is 11.1 Å². The molecule has 0 radical (unpaired) electrons. The van der Waals surface area contributed by atoms with E-state index in [9.17, 15) is 4.79 Å². The Hall–Kier alpha value is -1.39. The van der Waals surface area contributed by atoms with Crippen molar-refractivity contribution in [1.82, 2.24) is 10.6 Å². The van der Waals surface area contributed by atoms with Gasteiger partial charge in [-0.25, -0.2) is 0 Å². The number of carbonyl (C=O) groups excluding carboxylic acids is 1. The number of rotatable bonds is 7. The van der Waals surface area contributed by atoms with Gasteiger partial charge in [-0.2, -0.15) is 0 Å². The maximum atomic E-state index is 10.6. The van der Waals surface area contributed by atoms with Crippen LogP contribution in [-0.4, -0.2) is 26.1 Å². The third kappa shape index (κ3) is 6.04. The van der Waals surface area contributed by atoms with Gasteiger partial charge >= 0.3 is 0 Å². The fraction of sp³-hybridized carbons (Fsp3) is 0.462. The molecule has 1 aromatic carbocycles. The molecule has 0 bridgehead atoms. The molecular formula is C13H20N2O2. The number of benzene rings is 1. The summed E-state index contributed by atoms with van der Waals surface area (Å²) in [5, 5.41) is 6.01. The van der Waals surface area contributed by atoms with Crippen LogP contribution in [0.3, 0.4) is 0 Å². The van der Waals surface area contributed by atoms with E-state index in [0.29, 0.717) is 13.2 Å². The van der Waals surface area contributed by atoms with E-state index in [0.717, 1.165) is 13.1 Å². The molecule has 1 amide bonds. The van der Waals surface area contributed by atoms with Crippen LogP contribution in [0.1, 0.15) is 18.1 Å². The van der Waals surface area contributed by atoms with E-state index in [1.54, 1.807) is 7.11 Å². The highest BCUT2D eigenvalue weighted by Crippen LogP contribution is 2.05. The van der Waals surface area contributed by atoms with E-state index in [4.69, 9.17) is 4.74 Å². The highest BCUT2D eigenvalue weighted by molar-refractivity contribution is 5.72. The molecule has 0 saturated carbocycles. The zero-order chi connectivity index (χ0) is 12.5. The van der Waals surface area contributed by atoms with Crippen LogP contribution in [0.15, 0.2) is 24.3 Å². The van der Waals surface area contributed by atoms with Gasteiger partial charge in [-0.15, -0.1) is 0 Å². The summed E-state index contributed by atoms with van der Waals surface area (Å²) in [6.07, 6.45) is 0. The molecule has 0 aliphatic heterocycles. The number of carbonyl (C=O) groups is 1. The largest absolute Gasteiger partial charge is 0.380 e. The predicted molar refractivity (Wildman–Crippen MR) is 67.5 cm³/mol. The summed E-state index contributed by atoms with van der Waals surface area (Å²) in [4.78, 5) is 10.6. The minimum atomic E-state index is 0.00823. The summed E-state index contributed by atoms with van der Waals surface area (Å²) in [5.41, 5.74) is 2.40. The van der Waals surface area contributed by atoms with Gasteiger partial charge in [0.25, 0.3) is 0 Å². The summed E-state index contributed by atoms with van der Waals surface area (Å²) < 4.78 is 5.08. The molecule has 4 heteroatoms. The van der Waals surface area contributed by atoms with E-state index < -0.39 is 0 Å². The van der Waals surface area contributed by atoms with Gasteiger partial charge in [-0.1, -0.05) is 24.3 Å². The lowest BCUT2D eigenvalue weighted by Crippen LogP contribution is -2.29. The molecule has 0 aliphatic rings. The third-order valence-corrected chi connectivity index (χ3v) is 2.31. The molecule has 0 heterocycles. The van der Waals surface area contributed by atoms with Crippen LogP contribution in [0, 0.1) is 0 Å².